The van der Waals surface area contributed by atoms with Crippen LogP contribution in [-0.4, -0.2) is 56.7 Å². The molecule has 2 atom stereocenters. The fourth-order valence-corrected chi connectivity index (χ4v) is 3.62. The number of amides is 1. The smallest absolute Gasteiger partial charge is 0.253 e. The summed E-state index contributed by atoms with van der Waals surface area (Å²) in [6, 6.07) is 13.4. The van der Waals surface area contributed by atoms with Crippen molar-refractivity contribution < 1.29 is 19.0 Å². The first-order valence-corrected chi connectivity index (χ1v) is 9.88. The number of nitrogens with zero attached hydrogens (tertiary/aromatic N) is 4. The molecule has 1 amide bonds. The van der Waals surface area contributed by atoms with Gasteiger partial charge in [-0.25, -0.2) is 9.07 Å². The van der Waals surface area contributed by atoms with Crippen molar-refractivity contribution in [1.29, 1.82) is 0 Å². The normalized spacial score (nSPS) is 17.1. The maximum absolute atomic E-state index is 13.1. The third-order valence-corrected chi connectivity index (χ3v) is 5.23. The first kappa shape index (κ1) is 20.0. The molecule has 1 fully saturated rings. The number of hydrogen-bond acceptors (Lipinski definition) is 5. The molecule has 2 aromatic carbocycles. The largest absolute Gasteiger partial charge is 0.491 e. The van der Waals surface area contributed by atoms with Crippen molar-refractivity contribution in [2.45, 2.75) is 25.0 Å². The number of rotatable bonds is 7. The molecular weight excluding hydrogens is 387 g/mol. The minimum Gasteiger partial charge on any atom is -0.491 e. The monoisotopic (exact) mass is 410 g/mol. The van der Waals surface area contributed by atoms with Crippen LogP contribution in [0.3, 0.4) is 0 Å². The molecule has 1 aliphatic rings. The predicted molar refractivity (Wildman–Crippen MR) is 108 cm³/mol. The predicted octanol–water partition coefficient (Wildman–Crippen LogP) is 2.49. The molecule has 0 radical (unpaired) electrons. The highest BCUT2D eigenvalue weighted by Gasteiger charge is 2.28. The molecular formula is C22H23FN4O3. The molecule has 7 nitrogen and oxygen atoms in total. The Balaban J connectivity index is 1.29. The van der Waals surface area contributed by atoms with Crippen LogP contribution in [0.25, 0.3) is 0 Å². The van der Waals surface area contributed by atoms with Gasteiger partial charge in [0, 0.05) is 30.8 Å². The standard InChI is InChI=1S/C22H23FN4O3/c23-19-5-1-16(2-6-19)18-9-11-26(13-18)22(29)17-3-7-21(8-4-17)30-15-20(28)14-27-12-10-24-25-27/h1-8,10,12,18,20,28H,9,11,13-15H2. The second-order valence-corrected chi connectivity index (χ2v) is 7.40. The van der Waals surface area contributed by atoms with Gasteiger partial charge in [-0.3, -0.25) is 4.79 Å². The van der Waals surface area contributed by atoms with Crippen LogP contribution >= 0.6 is 0 Å². The first-order valence-electron chi connectivity index (χ1n) is 9.88. The highest BCUT2D eigenvalue weighted by molar-refractivity contribution is 5.94. The van der Waals surface area contributed by atoms with Crippen LogP contribution in [0.1, 0.15) is 28.3 Å². The van der Waals surface area contributed by atoms with Gasteiger partial charge >= 0.3 is 0 Å². The molecule has 1 aromatic heterocycles. The highest BCUT2D eigenvalue weighted by Crippen LogP contribution is 2.28. The molecule has 3 aromatic rings. The van der Waals surface area contributed by atoms with Gasteiger partial charge in [0.2, 0.25) is 0 Å². The van der Waals surface area contributed by atoms with Crippen molar-refractivity contribution in [2.24, 2.45) is 0 Å². The van der Waals surface area contributed by atoms with E-state index in [9.17, 15) is 14.3 Å². The molecule has 0 aliphatic carbocycles. The molecule has 2 heterocycles. The number of halogens is 1. The average Bonchev–Trinajstić information content (AvgIpc) is 3.45. The van der Waals surface area contributed by atoms with Gasteiger partial charge < -0.3 is 14.7 Å². The summed E-state index contributed by atoms with van der Waals surface area (Å²) in [5.41, 5.74) is 1.64. The number of aliphatic hydroxyl groups excluding tert-OH is 1. The Labute approximate surface area is 173 Å². The van der Waals surface area contributed by atoms with Gasteiger partial charge in [-0.05, 0) is 48.4 Å². The number of hydrogen-bond donors (Lipinski definition) is 1. The molecule has 0 bridgehead atoms. The van der Waals surface area contributed by atoms with E-state index in [1.807, 2.05) is 4.90 Å². The topological polar surface area (TPSA) is 80.5 Å². The Hall–Kier alpha value is -3.26. The van der Waals surface area contributed by atoms with Crippen molar-refractivity contribution in [3.8, 4) is 5.75 Å². The Bertz CT molecular complexity index is 961. The number of likely N-dealkylation sites (tertiary alicyclic amines) is 1. The lowest BCUT2D eigenvalue weighted by Gasteiger charge is -2.17. The molecule has 30 heavy (non-hydrogen) atoms. The lowest BCUT2D eigenvalue weighted by Crippen LogP contribution is -2.28. The Morgan fingerprint density at radius 3 is 2.67 bits per heavy atom. The summed E-state index contributed by atoms with van der Waals surface area (Å²) in [6.45, 7) is 1.70. The number of aliphatic hydroxyl groups is 1. The maximum Gasteiger partial charge on any atom is 0.253 e. The summed E-state index contributed by atoms with van der Waals surface area (Å²) >= 11 is 0. The van der Waals surface area contributed by atoms with Crippen LogP contribution in [0.5, 0.6) is 5.75 Å². The van der Waals surface area contributed by atoms with E-state index >= 15 is 0 Å². The van der Waals surface area contributed by atoms with Crippen LogP contribution < -0.4 is 4.74 Å². The summed E-state index contributed by atoms with van der Waals surface area (Å²) in [4.78, 5) is 14.6. The molecule has 1 aliphatic heterocycles. The van der Waals surface area contributed by atoms with Gasteiger partial charge in [-0.15, -0.1) is 5.10 Å². The van der Waals surface area contributed by atoms with Gasteiger partial charge in [0.15, 0.2) is 0 Å². The summed E-state index contributed by atoms with van der Waals surface area (Å²) < 4.78 is 20.2. The van der Waals surface area contributed by atoms with E-state index in [0.29, 0.717) is 30.9 Å². The van der Waals surface area contributed by atoms with Crippen molar-refractivity contribution in [2.75, 3.05) is 19.7 Å². The lowest BCUT2D eigenvalue weighted by molar-refractivity contribution is 0.0789. The minimum atomic E-state index is -0.721. The van der Waals surface area contributed by atoms with Gasteiger partial charge in [-0.2, -0.15) is 0 Å². The summed E-state index contributed by atoms with van der Waals surface area (Å²) in [5, 5.41) is 17.5. The van der Waals surface area contributed by atoms with Crippen LogP contribution in [0.15, 0.2) is 60.9 Å². The quantitative estimate of drug-likeness (QED) is 0.647. The molecule has 0 spiro atoms. The van der Waals surface area contributed by atoms with E-state index < -0.39 is 6.10 Å². The van der Waals surface area contributed by atoms with E-state index in [0.717, 1.165) is 12.0 Å². The van der Waals surface area contributed by atoms with E-state index in [1.54, 1.807) is 48.8 Å². The molecule has 4 rings (SSSR count). The maximum atomic E-state index is 13.1. The number of benzene rings is 2. The fourth-order valence-electron chi connectivity index (χ4n) is 3.62. The number of ether oxygens (including phenoxy) is 1. The zero-order chi connectivity index (χ0) is 20.9. The van der Waals surface area contributed by atoms with Crippen LogP contribution in [0.2, 0.25) is 0 Å². The zero-order valence-corrected chi connectivity index (χ0v) is 16.4. The third-order valence-electron chi connectivity index (χ3n) is 5.23. The van der Waals surface area contributed by atoms with E-state index in [1.165, 1.54) is 16.8 Å². The molecule has 8 heteroatoms. The summed E-state index contributed by atoms with van der Waals surface area (Å²) in [6.07, 6.45) is 3.36. The Morgan fingerprint density at radius 1 is 1.20 bits per heavy atom. The van der Waals surface area contributed by atoms with E-state index in [4.69, 9.17) is 4.74 Å². The fraction of sp³-hybridized carbons (Fsp3) is 0.318. The number of aromatic nitrogens is 3. The third kappa shape index (κ3) is 4.83. The molecule has 1 N–H and O–H groups in total. The zero-order valence-electron chi connectivity index (χ0n) is 16.4. The minimum absolute atomic E-state index is 0.0302. The van der Waals surface area contributed by atoms with Crippen molar-refractivity contribution in [3.05, 3.63) is 77.9 Å². The van der Waals surface area contributed by atoms with Gasteiger partial charge in [0.05, 0.1) is 12.7 Å². The summed E-state index contributed by atoms with van der Waals surface area (Å²) in [5.74, 6) is 0.522. The van der Waals surface area contributed by atoms with Crippen molar-refractivity contribution in [1.82, 2.24) is 19.9 Å². The summed E-state index contributed by atoms with van der Waals surface area (Å²) in [7, 11) is 0. The van der Waals surface area contributed by atoms with Gasteiger partial charge in [0.1, 0.15) is 24.3 Å². The Kier molecular flexibility index (Phi) is 6.04. The molecule has 156 valence electrons. The molecule has 1 saturated heterocycles. The Morgan fingerprint density at radius 2 is 1.97 bits per heavy atom. The van der Waals surface area contributed by atoms with E-state index in [2.05, 4.69) is 10.3 Å². The second kappa shape index (κ2) is 9.04. The highest BCUT2D eigenvalue weighted by atomic mass is 19.1. The SMILES string of the molecule is O=C(c1ccc(OCC(O)Cn2ccnn2)cc1)N1CCC(c2ccc(F)cc2)C1. The number of carbonyl (C=O) groups is 1. The first-order chi connectivity index (χ1) is 14.6. The van der Waals surface area contributed by atoms with E-state index in [-0.39, 0.29) is 24.2 Å². The molecule has 2 unspecified atom stereocenters. The van der Waals surface area contributed by atoms with Crippen molar-refractivity contribution in [3.63, 3.8) is 0 Å². The van der Waals surface area contributed by atoms with Gasteiger partial charge in [0.25, 0.3) is 5.91 Å². The van der Waals surface area contributed by atoms with Crippen LogP contribution in [0.4, 0.5) is 4.39 Å². The number of carbonyl (C=O) groups excluding carboxylic acids is 1. The molecule has 0 saturated carbocycles. The second-order valence-electron chi connectivity index (χ2n) is 7.40. The average molecular weight is 410 g/mol. The lowest BCUT2D eigenvalue weighted by atomic mass is 9.99. The van der Waals surface area contributed by atoms with Crippen LogP contribution in [0, 0.1) is 5.82 Å². The van der Waals surface area contributed by atoms with Crippen molar-refractivity contribution >= 4 is 5.91 Å². The van der Waals surface area contributed by atoms with Crippen LogP contribution in [-0.2, 0) is 6.54 Å². The van der Waals surface area contributed by atoms with Gasteiger partial charge in [-0.1, -0.05) is 17.3 Å².